The fourth-order valence-electron chi connectivity index (χ4n) is 1.97. The lowest BCUT2D eigenvalue weighted by Gasteiger charge is -2.09. The fourth-order valence-corrected chi connectivity index (χ4v) is 3.80. The Kier molecular flexibility index (Phi) is 5.96. The van der Waals surface area contributed by atoms with Crippen molar-refractivity contribution in [2.75, 3.05) is 12.9 Å². The maximum absolute atomic E-state index is 12.3. The van der Waals surface area contributed by atoms with Gasteiger partial charge in [-0.2, -0.15) is 0 Å². The lowest BCUT2D eigenvalue weighted by Crippen LogP contribution is -2.12. The number of carboxylic acid groups (broad SMARTS) is 1. The molecule has 1 aliphatic heterocycles. The van der Waals surface area contributed by atoms with Crippen LogP contribution in [0, 0.1) is 0 Å². The van der Waals surface area contributed by atoms with Gasteiger partial charge in [0.2, 0.25) is 0 Å². The van der Waals surface area contributed by atoms with Crippen LogP contribution < -0.4 is 4.74 Å². The minimum Gasteiger partial charge on any atom is -0.490 e. The number of aliphatic carboxylic acids is 1. The lowest BCUT2D eigenvalue weighted by molar-refractivity contribution is -0.138. The molecule has 0 aliphatic carbocycles. The summed E-state index contributed by atoms with van der Waals surface area (Å²) in [6, 6.07) is 1.42. The fraction of sp³-hybridized carbons (Fsp3) is 0.231. The summed E-state index contributed by atoms with van der Waals surface area (Å²) in [6.07, 6.45) is 3.11. The summed E-state index contributed by atoms with van der Waals surface area (Å²) in [5.74, 6) is -2.10. The van der Waals surface area contributed by atoms with Gasteiger partial charge in [-0.3, -0.25) is 9.59 Å². The van der Waals surface area contributed by atoms with E-state index in [4.69, 9.17) is 38.6 Å². The van der Waals surface area contributed by atoms with Crippen molar-refractivity contribution in [1.29, 1.82) is 0 Å². The summed E-state index contributed by atoms with van der Waals surface area (Å²) < 4.78 is 5.88. The molecule has 1 atom stereocenters. The van der Waals surface area contributed by atoms with Gasteiger partial charge in [-0.15, -0.1) is 11.8 Å². The van der Waals surface area contributed by atoms with E-state index < -0.39 is 17.7 Å². The molecule has 22 heavy (non-hydrogen) atoms. The average Bonchev–Trinajstić information content (AvgIpc) is 2.92. The summed E-state index contributed by atoms with van der Waals surface area (Å²) >= 11 is 13.5. The van der Waals surface area contributed by atoms with Crippen molar-refractivity contribution in [3.05, 3.63) is 37.6 Å². The van der Waals surface area contributed by atoms with Crippen LogP contribution in [0.2, 0.25) is 10.0 Å². The number of halogens is 3. The Bertz CT molecular complexity index is 670. The zero-order chi connectivity index (χ0) is 16.4. The topological polar surface area (TPSA) is 63.6 Å². The zero-order valence-corrected chi connectivity index (χ0v) is 15.0. The molecule has 2 rings (SSSR count). The molecule has 9 heteroatoms. The Hall–Kier alpha value is -0.530. The first-order chi connectivity index (χ1) is 10.4. The number of ether oxygens (including phenoxy) is 1. The highest BCUT2D eigenvalue weighted by Crippen LogP contribution is 2.45. The van der Waals surface area contributed by atoms with E-state index in [2.05, 4.69) is 0 Å². The first-order valence-electron chi connectivity index (χ1n) is 5.86. The standard InChI is InChI=1S/C13H9Cl3O4S2/c1-21-9(22-16)3-8(17)6-2-5-7(13(18)19)4-20-12(5)11(15)10(6)14/h2-3,7H,4H2,1H3,(H,18,19)/b9-3+. The number of hydrogen-bond donors (Lipinski definition) is 1. The minimum absolute atomic E-state index is 0.0349. The highest BCUT2D eigenvalue weighted by Gasteiger charge is 2.34. The number of benzene rings is 1. The molecule has 0 radical (unpaired) electrons. The van der Waals surface area contributed by atoms with Crippen LogP contribution in [-0.4, -0.2) is 29.7 Å². The summed E-state index contributed by atoms with van der Waals surface area (Å²) in [4.78, 5) is 23.6. The molecule has 0 saturated carbocycles. The van der Waals surface area contributed by atoms with Gasteiger partial charge in [-0.25, -0.2) is 0 Å². The van der Waals surface area contributed by atoms with Crippen molar-refractivity contribution in [3.8, 4) is 5.75 Å². The number of hydrogen-bond acceptors (Lipinski definition) is 5. The van der Waals surface area contributed by atoms with Crippen molar-refractivity contribution in [2.45, 2.75) is 5.92 Å². The quantitative estimate of drug-likeness (QED) is 0.565. The van der Waals surface area contributed by atoms with Gasteiger partial charge in [0, 0.05) is 17.2 Å². The highest BCUT2D eigenvalue weighted by atomic mass is 35.7. The van der Waals surface area contributed by atoms with Crippen LogP contribution in [-0.2, 0) is 4.79 Å². The van der Waals surface area contributed by atoms with Gasteiger partial charge in [-0.1, -0.05) is 23.2 Å². The number of fused-ring (bicyclic) bond motifs is 1. The Morgan fingerprint density at radius 2 is 2.09 bits per heavy atom. The summed E-state index contributed by atoms with van der Waals surface area (Å²) in [5, 5.41) is 9.27. The number of carbonyl (C=O) groups excluding carboxylic acids is 1. The largest absolute Gasteiger partial charge is 0.490 e. The summed E-state index contributed by atoms with van der Waals surface area (Å²) in [7, 11) is 6.56. The minimum atomic E-state index is -1.05. The number of carbonyl (C=O) groups is 2. The zero-order valence-electron chi connectivity index (χ0n) is 11.1. The average molecular weight is 400 g/mol. The molecule has 4 nitrogen and oxygen atoms in total. The smallest absolute Gasteiger partial charge is 0.314 e. The molecule has 1 N–H and O–H groups in total. The highest BCUT2D eigenvalue weighted by molar-refractivity contribution is 8.34. The molecule has 0 fully saturated rings. The first kappa shape index (κ1) is 17.8. The summed E-state index contributed by atoms with van der Waals surface area (Å²) in [6.45, 7) is -0.0399. The number of ketones is 1. The van der Waals surface area contributed by atoms with Crippen LogP contribution in [0.4, 0.5) is 0 Å². The maximum atomic E-state index is 12.3. The van der Waals surface area contributed by atoms with Crippen molar-refractivity contribution < 1.29 is 19.4 Å². The van der Waals surface area contributed by atoms with Gasteiger partial charge in [-0.05, 0) is 34.0 Å². The van der Waals surface area contributed by atoms with Crippen molar-refractivity contribution in [1.82, 2.24) is 0 Å². The number of allylic oxidation sites excluding steroid dienone is 1. The molecule has 118 valence electrons. The van der Waals surface area contributed by atoms with Gasteiger partial charge in [0.05, 0.1) is 9.26 Å². The van der Waals surface area contributed by atoms with Crippen molar-refractivity contribution >= 4 is 68.4 Å². The predicted molar refractivity (Wildman–Crippen MR) is 91.7 cm³/mol. The molecule has 1 aliphatic rings. The van der Waals surface area contributed by atoms with E-state index in [9.17, 15) is 14.7 Å². The first-order valence-corrected chi connectivity index (χ1v) is 9.49. The van der Waals surface area contributed by atoms with Crippen LogP contribution in [0.15, 0.2) is 16.4 Å². The van der Waals surface area contributed by atoms with Crippen molar-refractivity contribution in [2.24, 2.45) is 0 Å². The monoisotopic (exact) mass is 398 g/mol. The Balaban J connectivity index is 2.53. The van der Waals surface area contributed by atoms with E-state index in [0.717, 1.165) is 11.0 Å². The van der Waals surface area contributed by atoms with E-state index in [0.29, 0.717) is 9.80 Å². The van der Waals surface area contributed by atoms with Crippen LogP contribution in [0.1, 0.15) is 21.8 Å². The molecule has 1 heterocycles. The molecule has 0 saturated heterocycles. The van der Waals surface area contributed by atoms with Gasteiger partial charge in [0.1, 0.15) is 23.3 Å². The molecule has 0 bridgehead atoms. The molecule has 1 unspecified atom stereocenters. The maximum Gasteiger partial charge on any atom is 0.314 e. The van der Waals surface area contributed by atoms with E-state index in [-0.39, 0.29) is 28.0 Å². The third-order valence-corrected chi connectivity index (χ3v) is 6.21. The predicted octanol–water partition coefficient (Wildman–Crippen LogP) is 4.83. The molecular formula is C13H9Cl3O4S2. The molecular weight excluding hydrogens is 391 g/mol. The second-order valence-electron chi connectivity index (χ2n) is 4.28. The van der Waals surface area contributed by atoms with E-state index in [1.807, 2.05) is 0 Å². The van der Waals surface area contributed by atoms with E-state index in [1.165, 1.54) is 23.9 Å². The van der Waals surface area contributed by atoms with Gasteiger partial charge in [0.15, 0.2) is 5.78 Å². The van der Waals surface area contributed by atoms with Gasteiger partial charge >= 0.3 is 5.97 Å². The third kappa shape index (κ3) is 3.36. The van der Waals surface area contributed by atoms with Crippen LogP contribution in [0.25, 0.3) is 0 Å². The van der Waals surface area contributed by atoms with Crippen LogP contribution in [0.3, 0.4) is 0 Å². The van der Waals surface area contributed by atoms with Crippen molar-refractivity contribution in [3.63, 3.8) is 0 Å². The Labute approximate surface area is 149 Å². The second-order valence-corrected chi connectivity index (χ2v) is 7.20. The summed E-state index contributed by atoms with van der Waals surface area (Å²) in [5.41, 5.74) is 0.474. The molecule has 0 amide bonds. The number of rotatable bonds is 5. The second kappa shape index (κ2) is 7.36. The number of carboxylic acids is 1. The number of thioether (sulfide) groups is 1. The van der Waals surface area contributed by atoms with Crippen LogP contribution >= 0.6 is 56.6 Å². The van der Waals surface area contributed by atoms with Crippen LogP contribution in [0.5, 0.6) is 5.75 Å². The molecule has 0 aromatic heterocycles. The third-order valence-electron chi connectivity index (χ3n) is 3.05. The van der Waals surface area contributed by atoms with Gasteiger partial charge in [0.25, 0.3) is 0 Å². The SMILES string of the molecule is CS/C(=C\C(=O)c1cc2c(c(Cl)c1Cl)OCC2C(=O)O)SCl. The van der Waals surface area contributed by atoms with E-state index in [1.54, 1.807) is 6.26 Å². The normalized spacial score (nSPS) is 17.1. The Morgan fingerprint density at radius 3 is 2.64 bits per heavy atom. The van der Waals surface area contributed by atoms with E-state index >= 15 is 0 Å². The Morgan fingerprint density at radius 1 is 1.41 bits per heavy atom. The molecule has 0 spiro atoms. The van der Waals surface area contributed by atoms with Gasteiger partial charge < -0.3 is 9.84 Å². The molecule has 1 aromatic carbocycles. The lowest BCUT2D eigenvalue weighted by atomic mass is 9.97. The molecule has 1 aromatic rings.